The van der Waals surface area contributed by atoms with Gasteiger partial charge in [0.1, 0.15) is 6.54 Å². The van der Waals surface area contributed by atoms with Crippen molar-refractivity contribution in [2.45, 2.75) is 83.6 Å². The van der Waals surface area contributed by atoms with Crippen molar-refractivity contribution in [3.63, 3.8) is 0 Å². The van der Waals surface area contributed by atoms with Crippen LogP contribution in [0.25, 0.3) is 0 Å². The number of aliphatic imine (C=N–C) groups is 1. The highest BCUT2D eigenvalue weighted by Gasteiger charge is 2.26. The Hall–Kier alpha value is -1.30. The fourth-order valence-corrected chi connectivity index (χ4v) is 3.96. The smallest absolute Gasteiger partial charge is 0.409 e. The van der Waals surface area contributed by atoms with E-state index in [2.05, 4.69) is 29.5 Å². The Morgan fingerprint density at radius 2 is 1.59 bits per heavy atom. The number of carbonyl (C=O) groups excluding carboxylic acids is 2. The summed E-state index contributed by atoms with van der Waals surface area (Å²) >= 11 is 0. The monoisotopic (exact) mass is 567 g/mol. The molecular weight excluding hydrogens is 525 g/mol. The second-order valence-corrected chi connectivity index (χ2v) is 8.86. The van der Waals surface area contributed by atoms with Gasteiger partial charge in [-0.2, -0.15) is 0 Å². The lowest BCUT2D eigenvalue weighted by molar-refractivity contribution is -0.127. The second-order valence-electron chi connectivity index (χ2n) is 8.86. The Bertz CT molecular complexity index is 601. The number of likely N-dealkylation sites (tertiary alicyclic amines) is 1. The summed E-state index contributed by atoms with van der Waals surface area (Å²) in [4.78, 5) is 31.8. The molecule has 1 heterocycles. The third-order valence-corrected chi connectivity index (χ3v) is 5.71. The van der Waals surface area contributed by atoms with Crippen molar-refractivity contribution in [3.05, 3.63) is 0 Å². The maximum Gasteiger partial charge on any atom is 0.409 e. The molecule has 2 aliphatic rings. The summed E-state index contributed by atoms with van der Waals surface area (Å²) in [6, 6.07) is 0.513. The molecule has 2 fully saturated rings. The summed E-state index contributed by atoms with van der Waals surface area (Å²) in [5, 5.41) is 7.02. The number of piperidine rings is 1. The molecule has 0 aromatic carbocycles. The van der Waals surface area contributed by atoms with Gasteiger partial charge in [0.25, 0.3) is 0 Å². The highest BCUT2D eigenvalue weighted by atomic mass is 127. The number of rotatable bonds is 7. The molecule has 1 aliphatic heterocycles. The predicted molar refractivity (Wildman–Crippen MR) is 137 cm³/mol. The number of carbonyl (C=O) groups is 2. The first-order valence-corrected chi connectivity index (χ1v) is 11.6. The summed E-state index contributed by atoms with van der Waals surface area (Å²) in [7, 11) is 3.47. The summed E-state index contributed by atoms with van der Waals surface area (Å²) in [6.07, 6.45) is 6.05. The van der Waals surface area contributed by atoms with Crippen LogP contribution in [0.15, 0.2) is 4.99 Å². The number of nitrogens with zero attached hydrogens (tertiary/aromatic N) is 3. The maximum atomic E-state index is 12.0. The SMILES string of the molecule is CCOC(=O)N1CCC(NC(=NCC(=O)N(C)C)NC2CCC(OC(C)C)CC2)CC1.I. The van der Waals surface area contributed by atoms with Gasteiger partial charge >= 0.3 is 6.09 Å². The van der Waals surface area contributed by atoms with E-state index in [-0.39, 0.29) is 54.7 Å². The Labute approximate surface area is 210 Å². The molecule has 1 saturated heterocycles. The quantitative estimate of drug-likeness (QED) is 0.279. The van der Waals surface area contributed by atoms with Crippen molar-refractivity contribution in [1.82, 2.24) is 20.4 Å². The Morgan fingerprint density at radius 3 is 2.09 bits per heavy atom. The van der Waals surface area contributed by atoms with Gasteiger partial charge in [0, 0.05) is 39.3 Å². The van der Waals surface area contributed by atoms with E-state index in [0.717, 1.165) is 38.5 Å². The minimum Gasteiger partial charge on any atom is -0.450 e. The molecule has 1 aliphatic carbocycles. The molecule has 0 aromatic heterocycles. The topological polar surface area (TPSA) is 95.5 Å². The van der Waals surface area contributed by atoms with E-state index in [1.165, 1.54) is 0 Å². The first-order valence-electron chi connectivity index (χ1n) is 11.6. The molecule has 1 saturated carbocycles. The molecule has 2 rings (SSSR count). The number of halogens is 1. The zero-order chi connectivity index (χ0) is 22.8. The summed E-state index contributed by atoms with van der Waals surface area (Å²) in [5.74, 6) is 0.644. The van der Waals surface area contributed by atoms with Crippen LogP contribution in [0.5, 0.6) is 0 Å². The van der Waals surface area contributed by atoms with Crippen LogP contribution in [0.1, 0.15) is 59.3 Å². The van der Waals surface area contributed by atoms with E-state index in [1.807, 2.05) is 6.92 Å². The lowest BCUT2D eigenvalue weighted by Gasteiger charge is -2.34. The molecule has 0 bridgehead atoms. The fourth-order valence-electron chi connectivity index (χ4n) is 3.96. The highest BCUT2D eigenvalue weighted by molar-refractivity contribution is 14.0. The fraction of sp³-hybridized carbons (Fsp3) is 0.864. The average molecular weight is 568 g/mol. The third kappa shape index (κ3) is 10.1. The van der Waals surface area contributed by atoms with Crippen LogP contribution >= 0.6 is 24.0 Å². The van der Waals surface area contributed by atoms with Crippen LogP contribution in [0.2, 0.25) is 0 Å². The highest BCUT2D eigenvalue weighted by Crippen LogP contribution is 2.22. The van der Waals surface area contributed by atoms with Crippen LogP contribution in [-0.2, 0) is 14.3 Å². The first kappa shape index (κ1) is 28.7. The number of hydrogen-bond donors (Lipinski definition) is 2. The van der Waals surface area contributed by atoms with Gasteiger partial charge in [0.15, 0.2) is 5.96 Å². The first-order chi connectivity index (χ1) is 14.8. The van der Waals surface area contributed by atoms with Crippen LogP contribution in [-0.4, -0.2) is 92.4 Å². The van der Waals surface area contributed by atoms with Gasteiger partial charge in [-0.05, 0) is 59.3 Å². The molecule has 10 heteroatoms. The molecule has 2 N–H and O–H groups in total. The summed E-state index contributed by atoms with van der Waals surface area (Å²) in [5.41, 5.74) is 0. The normalized spacial score (nSPS) is 22.2. The van der Waals surface area contributed by atoms with Crippen LogP contribution < -0.4 is 10.6 Å². The van der Waals surface area contributed by atoms with E-state index < -0.39 is 0 Å². The van der Waals surface area contributed by atoms with Crippen molar-refractivity contribution in [2.75, 3.05) is 40.3 Å². The van der Waals surface area contributed by atoms with Crippen LogP contribution in [0.3, 0.4) is 0 Å². The van der Waals surface area contributed by atoms with E-state index in [9.17, 15) is 9.59 Å². The predicted octanol–water partition coefficient (Wildman–Crippen LogP) is 2.58. The number of ether oxygens (including phenoxy) is 2. The molecule has 0 aromatic rings. The molecular formula is C22H42IN5O4. The number of amides is 2. The lowest BCUT2D eigenvalue weighted by Crippen LogP contribution is -2.52. The largest absolute Gasteiger partial charge is 0.450 e. The summed E-state index contributed by atoms with van der Waals surface area (Å²) in [6.45, 7) is 7.77. The molecule has 0 spiro atoms. The molecule has 186 valence electrons. The lowest BCUT2D eigenvalue weighted by atomic mass is 9.93. The molecule has 0 radical (unpaired) electrons. The third-order valence-electron chi connectivity index (χ3n) is 5.71. The number of hydrogen-bond acceptors (Lipinski definition) is 5. The molecule has 0 atom stereocenters. The van der Waals surface area contributed by atoms with Crippen molar-refractivity contribution in [1.29, 1.82) is 0 Å². The van der Waals surface area contributed by atoms with Crippen LogP contribution in [0.4, 0.5) is 4.79 Å². The Morgan fingerprint density at radius 1 is 1.03 bits per heavy atom. The van der Waals surface area contributed by atoms with E-state index in [1.54, 1.807) is 23.9 Å². The van der Waals surface area contributed by atoms with Crippen LogP contribution in [0, 0.1) is 0 Å². The van der Waals surface area contributed by atoms with Gasteiger partial charge in [-0.25, -0.2) is 9.79 Å². The molecule has 2 amide bonds. The minimum absolute atomic E-state index is 0. The zero-order valence-electron chi connectivity index (χ0n) is 20.3. The van der Waals surface area contributed by atoms with E-state index >= 15 is 0 Å². The minimum atomic E-state index is -0.245. The van der Waals surface area contributed by atoms with Gasteiger partial charge in [-0.3, -0.25) is 4.79 Å². The Kier molecular flexibility index (Phi) is 13.3. The number of guanidine groups is 1. The molecule has 9 nitrogen and oxygen atoms in total. The maximum absolute atomic E-state index is 12.0. The van der Waals surface area contributed by atoms with E-state index in [4.69, 9.17) is 9.47 Å². The van der Waals surface area contributed by atoms with E-state index in [0.29, 0.717) is 37.8 Å². The summed E-state index contributed by atoms with van der Waals surface area (Å²) < 4.78 is 11.0. The second kappa shape index (κ2) is 14.8. The van der Waals surface area contributed by atoms with Crippen molar-refractivity contribution in [3.8, 4) is 0 Å². The number of likely N-dealkylation sites (N-methyl/N-ethyl adjacent to an activating group) is 1. The average Bonchev–Trinajstić information content (AvgIpc) is 2.73. The standard InChI is InChI=1S/C22H41N5O4.HI/c1-6-30-22(29)27-13-11-18(12-14-27)25-21(23-15-20(28)26(4)5)24-17-7-9-19(10-8-17)31-16(2)3;/h16-19H,6-15H2,1-5H3,(H2,23,24,25);1H. The van der Waals surface area contributed by atoms with Crippen molar-refractivity contribution < 1.29 is 19.1 Å². The van der Waals surface area contributed by atoms with Gasteiger partial charge in [0.2, 0.25) is 5.91 Å². The van der Waals surface area contributed by atoms with Crippen molar-refractivity contribution >= 4 is 41.9 Å². The van der Waals surface area contributed by atoms with Gasteiger partial charge < -0.3 is 29.9 Å². The van der Waals surface area contributed by atoms with Gasteiger partial charge in [-0.15, -0.1) is 24.0 Å². The van der Waals surface area contributed by atoms with Gasteiger partial charge in [-0.1, -0.05) is 0 Å². The molecule has 0 unspecified atom stereocenters. The molecule has 32 heavy (non-hydrogen) atoms. The van der Waals surface area contributed by atoms with Gasteiger partial charge in [0.05, 0.1) is 18.8 Å². The Balaban J connectivity index is 0.00000512. The number of nitrogens with one attached hydrogen (secondary N) is 2. The zero-order valence-corrected chi connectivity index (χ0v) is 22.6. The van der Waals surface area contributed by atoms with Crippen molar-refractivity contribution in [2.24, 2.45) is 4.99 Å².